The Balaban J connectivity index is 2.24. The first-order valence-electron chi connectivity index (χ1n) is 6.82. The highest BCUT2D eigenvalue weighted by atomic mass is 19.1. The van der Waals surface area contributed by atoms with Crippen LogP contribution in [0.3, 0.4) is 0 Å². The molecule has 2 unspecified atom stereocenters. The molecule has 106 valence electrons. The number of hydrogen-bond acceptors (Lipinski definition) is 2. The molecule has 2 atom stereocenters. The number of hydrogen-bond donors (Lipinski definition) is 1. The van der Waals surface area contributed by atoms with Crippen LogP contribution in [-0.4, -0.2) is 6.04 Å². The SMILES string of the molecule is CC(N)Cc1cccc(F)c1OC(C)c1ccccc1. The smallest absolute Gasteiger partial charge is 0.165 e. The van der Waals surface area contributed by atoms with Crippen molar-refractivity contribution < 1.29 is 9.13 Å². The molecule has 2 N–H and O–H groups in total. The predicted octanol–water partition coefficient (Wildman–Crippen LogP) is 3.86. The number of para-hydroxylation sites is 1. The Morgan fingerprint density at radius 3 is 2.40 bits per heavy atom. The van der Waals surface area contributed by atoms with E-state index in [2.05, 4.69) is 0 Å². The van der Waals surface area contributed by atoms with Crippen molar-refractivity contribution in [2.45, 2.75) is 32.4 Å². The van der Waals surface area contributed by atoms with Crippen molar-refractivity contribution in [3.8, 4) is 5.75 Å². The van der Waals surface area contributed by atoms with Crippen LogP contribution in [0.2, 0.25) is 0 Å². The molecule has 2 aromatic carbocycles. The Labute approximate surface area is 119 Å². The second kappa shape index (κ2) is 6.53. The van der Waals surface area contributed by atoms with Crippen molar-refractivity contribution in [2.75, 3.05) is 0 Å². The molecule has 0 saturated carbocycles. The minimum absolute atomic E-state index is 0.0359. The summed E-state index contributed by atoms with van der Waals surface area (Å²) in [6.07, 6.45) is 0.383. The molecule has 0 heterocycles. The molecule has 0 aliphatic rings. The Bertz CT molecular complexity index is 554. The van der Waals surface area contributed by atoms with Crippen LogP contribution in [0.5, 0.6) is 5.75 Å². The summed E-state index contributed by atoms with van der Waals surface area (Å²) in [6.45, 7) is 3.81. The summed E-state index contributed by atoms with van der Waals surface area (Å²) in [5.74, 6) is -0.0351. The fourth-order valence-electron chi connectivity index (χ4n) is 2.16. The summed E-state index contributed by atoms with van der Waals surface area (Å²) in [6, 6.07) is 14.7. The molecule has 0 aromatic heterocycles. The van der Waals surface area contributed by atoms with Crippen molar-refractivity contribution in [2.24, 2.45) is 5.73 Å². The zero-order chi connectivity index (χ0) is 14.5. The summed E-state index contributed by atoms with van der Waals surface area (Å²) in [5.41, 5.74) is 7.63. The number of nitrogens with two attached hydrogens (primary N) is 1. The first-order valence-corrected chi connectivity index (χ1v) is 6.82. The molecule has 0 aliphatic carbocycles. The predicted molar refractivity (Wildman–Crippen MR) is 79.2 cm³/mol. The van der Waals surface area contributed by atoms with E-state index < -0.39 is 0 Å². The Morgan fingerprint density at radius 2 is 1.75 bits per heavy atom. The second-order valence-corrected chi connectivity index (χ2v) is 5.08. The summed E-state index contributed by atoms with van der Waals surface area (Å²) in [5, 5.41) is 0. The maximum atomic E-state index is 14.0. The molecule has 2 rings (SSSR count). The van der Waals surface area contributed by atoms with Gasteiger partial charge in [-0.05, 0) is 37.5 Å². The lowest BCUT2D eigenvalue weighted by atomic mass is 10.1. The minimum atomic E-state index is -0.342. The van der Waals surface area contributed by atoms with Crippen molar-refractivity contribution in [3.05, 3.63) is 65.5 Å². The molecule has 2 aromatic rings. The van der Waals surface area contributed by atoms with Gasteiger partial charge in [0.25, 0.3) is 0 Å². The molecule has 20 heavy (non-hydrogen) atoms. The van der Waals surface area contributed by atoms with Gasteiger partial charge in [-0.2, -0.15) is 0 Å². The molecular weight excluding hydrogens is 253 g/mol. The highest BCUT2D eigenvalue weighted by molar-refractivity contribution is 5.36. The molecule has 0 aliphatic heterocycles. The van der Waals surface area contributed by atoms with Gasteiger partial charge in [0, 0.05) is 6.04 Å². The summed E-state index contributed by atoms with van der Waals surface area (Å²) in [4.78, 5) is 0. The van der Waals surface area contributed by atoms with Gasteiger partial charge in [-0.15, -0.1) is 0 Å². The number of rotatable bonds is 5. The molecule has 0 bridgehead atoms. The van der Waals surface area contributed by atoms with Crippen LogP contribution in [0.25, 0.3) is 0 Å². The highest BCUT2D eigenvalue weighted by Crippen LogP contribution is 2.29. The summed E-state index contributed by atoms with van der Waals surface area (Å²) < 4.78 is 19.8. The van der Waals surface area contributed by atoms with E-state index in [1.165, 1.54) is 6.07 Å². The van der Waals surface area contributed by atoms with E-state index in [-0.39, 0.29) is 18.0 Å². The maximum Gasteiger partial charge on any atom is 0.165 e. The van der Waals surface area contributed by atoms with E-state index >= 15 is 0 Å². The lowest BCUT2D eigenvalue weighted by Crippen LogP contribution is -2.19. The van der Waals surface area contributed by atoms with E-state index in [1.807, 2.05) is 50.2 Å². The van der Waals surface area contributed by atoms with E-state index in [0.29, 0.717) is 12.2 Å². The fourth-order valence-corrected chi connectivity index (χ4v) is 2.16. The van der Waals surface area contributed by atoms with Crippen LogP contribution in [0.4, 0.5) is 4.39 Å². The molecule has 2 nitrogen and oxygen atoms in total. The van der Waals surface area contributed by atoms with Crippen molar-refractivity contribution >= 4 is 0 Å². The van der Waals surface area contributed by atoms with Crippen LogP contribution < -0.4 is 10.5 Å². The standard InChI is InChI=1S/C17H20FNO/c1-12(19)11-15-9-6-10-16(18)17(15)20-13(2)14-7-4-3-5-8-14/h3-10,12-13H,11,19H2,1-2H3. The van der Waals surface area contributed by atoms with Gasteiger partial charge >= 0.3 is 0 Å². The molecule has 3 heteroatoms. The topological polar surface area (TPSA) is 35.2 Å². The quantitative estimate of drug-likeness (QED) is 0.898. The lowest BCUT2D eigenvalue weighted by molar-refractivity contribution is 0.213. The fraction of sp³-hybridized carbons (Fsp3) is 0.294. The number of ether oxygens (including phenoxy) is 1. The van der Waals surface area contributed by atoms with Crippen LogP contribution >= 0.6 is 0 Å². The average molecular weight is 273 g/mol. The summed E-state index contributed by atoms with van der Waals surface area (Å²) >= 11 is 0. The molecule has 0 amide bonds. The van der Waals surface area contributed by atoms with Crippen molar-refractivity contribution in [3.63, 3.8) is 0 Å². The molecule has 0 saturated heterocycles. The monoisotopic (exact) mass is 273 g/mol. The molecule has 0 spiro atoms. The van der Waals surface area contributed by atoms with Gasteiger partial charge in [-0.3, -0.25) is 0 Å². The van der Waals surface area contributed by atoms with Crippen molar-refractivity contribution in [1.29, 1.82) is 0 Å². The first kappa shape index (κ1) is 14.5. The zero-order valence-corrected chi connectivity index (χ0v) is 11.8. The zero-order valence-electron chi connectivity index (χ0n) is 11.8. The maximum absolute atomic E-state index is 14.0. The van der Waals surface area contributed by atoms with E-state index in [9.17, 15) is 4.39 Å². The molecular formula is C17H20FNO. The average Bonchev–Trinajstić information content (AvgIpc) is 2.43. The van der Waals surface area contributed by atoms with Crippen LogP contribution in [0, 0.1) is 5.82 Å². The van der Waals surface area contributed by atoms with Crippen LogP contribution in [0.15, 0.2) is 48.5 Å². The van der Waals surface area contributed by atoms with E-state index in [1.54, 1.807) is 6.07 Å². The second-order valence-electron chi connectivity index (χ2n) is 5.08. The van der Waals surface area contributed by atoms with Gasteiger partial charge in [0.1, 0.15) is 6.10 Å². The normalized spacial score (nSPS) is 13.8. The minimum Gasteiger partial charge on any atom is -0.483 e. The number of benzene rings is 2. The third-order valence-electron chi connectivity index (χ3n) is 3.15. The van der Waals surface area contributed by atoms with Crippen LogP contribution in [0.1, 0.15) is 31.1 Å². The van der Waals surface area contributed by atoms with Gasteiger partial charge in [-0.25, -0.2) is 4.39 Å². The van der Waals surface area contributed by atoms with Crippen molar-refractivity contribution in [1.82, 2.24) is 0 Å². The summed E-state index contributed by atoms with van der Waals surface area (Å²) in [7, 11) is 0. The van der Waals surface area contributed by atoms with Gasteiger partial charge in [-0.1, -0.05) is 42.5 Å². The van der Waals surface area contributed by atoms with Gasteiger partial charge in [0.05, 0.1) is 0 Å². The highest BCUT2D eigenvalue weighted by Gasteiger charge is 2.15. The van der Waals surface area contributed by atoms with E-state index in [4.69, 9.17) is 10.5 Å². The Hall–Kier alpha value is -1.87. The third-order valence-corrected chi connectivity index (χ3v) is 3.15. The Kier molecular flexibility index (Phi) is 4.74. The molecule has 0 fully saturated rings. The number of halogens is 1. The van der Waals surface area contributed by atoms with Gasteiger partial charge in [0.2, 0.25) is 0 Å². The molecule has 0 radical (unpaired) electrons. The van der Waals surface area contributed by atoms with Gasteiger partial charge in [0.15, 0.2) is 11.6 Å². The first-order chi connectivity index (χ1) is 9.58. The lowest BCUT2D eigenvalue weighted by Gasteiger charge is -2.19. The largest absolute Gasteiger partial charge is 0.483 e. The third kappa shape index (κ3) is 3.58. The van der Waals surface area contributed by atoms with E-state index in [0.717, 1.165) is 11.1 Å². The van der Waals surface area contributed by atoms with Crippen LogP contribution in [-0.2, 0) is 6.42 Å². The Morgan fingerprint density at radius 1 is 1.05 bits per heavy atom. The van der Waals surface area contributed by atoms with Gasteiger partial charge < -0.3 is 10.5 Å².